The maximum absolute atomic E-state index is 13.3. The first-order chi connectivity index (χ1) is 15.0. The molecule has 6 heteroatoms. The van der Waals surface area contributed by atoms with Crippen LogP contribution in [0.15, 0.2) is 48.5 Å². The second kappa shape index (κ2) is 11.4. The Morgan fingerprint density at radius 3 is 2.25 bits per heavy atom. The Morgan fingerprint density at radius 1 is 1.06 bits per heavy atom. The van der Waals surface area contributed by atoms with Gasteiger partial charge >= 0.3 is 0 Å². The monoisotopic (exact) mass is 458 g/mol. The van der Waals surface area contributed by atoms with Crippen molar-refractivity contribution >= 4 is 23.4 Å². The summed E-state index contributed by atoms with van der Waals surface area (Å²) in [6, 6.07) is 14.4. The molecule has 0 heterocycles. The van der Waals surface area contributed by atoms with Crippen molar-refractivity contribution in [2.24, 2.45) is 0 Å². The highest BCUT2D eigenvalue weighted by Gasteiger charge is 2.29. The zero-order chi connectivity index (χ0) is 23.9. The van der Waals surface area contributed by atoms with Crippen LogP contribution in [0.4, 0.5) is 0 Å². The lowest BCUT2D eigenvalue weighted by Crippen LogP contribution is -2.51. The van der Waals surface area contributed by atoms with Gasteiger partial charge in [-0.15, -0.1) is 0 Å². The standard InChI is InChI=1S/C26H35ClN2O3/c1-7-22(25(31)28-18(2)3)29(16-19-12-14-20(27)15-13-19)24(30)17-32-23-11-9-8-10-21(23)26(4,5)6/h8-15,18,22H,7,16-17H2,1-6H3,(H,28,31)/t22-/m1/s1. The molecule has 0 spiro atoms. The van der Waals surface area contributed by atoms with Crippen molar-refractivity contribution in [1.29, 1.82) is 0 Å². The molecule has 2 amide bonds. The molecule has 2 aromatic rings. The van der Waals surface area contributed by atoms with Gasteiger partial charge in [-0.1, -0.05) is 69.6 Å². The molecule has 0 saturated heterocycles. The number of ether oxygens (including phenoxy) is 1. The van der Waals surface area contributed by atoms with E-state index in [9.17, 15) is 9.59 Å². The molecular weight excluding hydrogens is 424 g/mol. The lowest BCUT2D eigenvalue weighted by Gasteiger charge is -2.31. The minimum Gasteiger partial charge on any atom is -0.483 e. The molecular formula is C26H35ClN2O3. The Morgan fingerprint density at radius 2 is 1.69 bits per heavy atom. The van der Waals surface area contributed by atoms with Crippen LogP contribution in [-0.2, 0) is 21.5 Å². The van der Waals surface area contributed by atoms with Crippen molar-refractivity contribution in [2.45, 2.75) is 72.0 Å². The Kier molecular flexibility index (Phi) is 9.14. The van der Waals surface area contributed by atoms with Crippen LogP contribution < -0.4 is 10.1 Å². The molecule has 0 aliphatic heterocycles. The van der Waals surface area contributed by atoms with Gasteiger partial charge in [0.05, 0.1) is 0 Å². The maximum Gasteiger partial charge on any atom is 0.261 e. The molecule has 0 fully saturated rings. The molecule has 1 atom stereocenters. The van der Waals surface area contributed by atoms with Gasteiger partial charge in [0.2, 0.25) is 5.91 Å². The predicted octanol–water partition coefficient (Wildman–Crippen LogP) is 5.35. The van der Waals surface area contributed by atoms with Crippen LogP contribution in [0.3, 0.4) is 0 Å². The summed E-state index contributed by atoms with van der Waals surface area (Å²) in [4.78, 5) is 27.8. The highest BCUT2D eigenvalue weighted by molar-refractivity contribution is 6.30. The summed E-state index contributed by atoms with van der Waals surface area (Å²) in [5, 5.41) is 3.56. The van der Waals surface area contributed by atoms with E-state index in [-0.39, 0.29) is 29.9 Å². The van der Waals surface area contributed by atoms with Crippen LogP contribution in [0, 0.1) is 0 Å². The van der Waals surface area contributed by atoms with Gasteiger partial charge < -0.3 is 15.0 Å². The van der Waals surface area contributed by atoms with Crippen LogP contribution in [0.2, 0.25) is 5.02 Å². The fraction of sp³-hybridized carbons (Fsp3) is 0.462. The second-order valence-electron chi connectivity index (χ2n) is 9.27. The third kappa shape index (κ3) is 7.27. The van der Waals surface area contributed by atoms with Gasteiger partial charge in [0.25, 0.3) is 5.91 Å². The number of halogens is 1. The summed E-state index contributed by atoms with van der Waals surface area (Å²) in [5.74, 6) is 0.272. The van der Waals surface area contributed by atoms with Gasteiger partial charge in [-0.05, 0) is 55.0 Å². The number of benzene rings is 2. The Hall–Kier alpha value is -2.53. The number of nitrogens with zero attached hydrogens (tertiary/aromatic N) is 1. The minimum atomic E-state index is -0.595. The minimum absolute atomic E-state index is 0.0149. The molecule has 0 unspecified atom stereocenters. The summed E-state index contributed by atoms with van der Waals surface area (Å²) < 4.78 is 5.97. The number of carbonyl (C=O) groups excluding carboxylic acids is 2. The fourth-order valence-electron chi connectivity index (χ4n) is 3.52. The van der Waals surface area contributed by atoms with Crippen LogP contribution in [-0.4, -0.2) is 35.4 Å². The van der Waals surface area contributed by atoms with E-state index in [0.717, 1.165) is 11.1 Å². The van der Waals surface area contributed by atoms with Crippen LogP contribution in [0.5, 0.6) is 5.75 Å². The normalized spacial score (nSPS) is 12.4. The lowest BCUT2D eigenvalue weighted by molar-refractivity contribution is -0.143. The van der Waals surface area contributed by atoms with Crippen LogP contribution >= 0.6 is 11.6 Å². The van der Waals surface area contributed by atoms with E-state index < -0.39 is 6.04 Å². The van der Waals surface area contributed by atoms with E-state index in [1.54, 1.807) is 17.0 Å². The molecule has 5 nitrogen and oxygen atoms in total. The Balaban J connectivity index is 2.27. The van der Waals surface area contributed by atoms with E-state index in [1.807, 2.05) is 57.2 Å². The molecule has 0 bridgehead atoms. The van der Waals surface area contributed by atoms with Crippen molar-refractivity contribution in [3.8, 4) is 5.75 Å². The third-order valence-corrected chi connectivity index (χ3v) is 5.38. The second-order valence-corrected chi connectivity index (χ2v) is 9.71. The molecule has 32 heavy (non-hydrogen) atoms. The number of amides is 2. The van der Waals surface area contributed by atoms with E-state index in [1.165, 1.54) is 0 Å². The molecule has 0 aromatic heterocycles. The summed E-state index contributed by atoms with van der Waals surface area (Å²) in [7, 11) is 0. The van der Waals surface area contributed by atoms with Gasteiger partial charge in [0, 0.05) is 17.6 Å². The topological polar surface area (TPSA) is 58.6 Å². The number of carbonyl (C=O) groups is 2. The first kappa shape index (κ1) is 25.7. The molecule has 1 N–H and O–H groups in total. The molecule has 174 valence electrons. The summed E-state index contributed by atoms with van der Waals surface area (Å²) in [5.41, 5.74) is 1.81. The van der Waals surface area contributed by atoms with Crippen LogP contribution in [0.25, 0.3) is 0 Å². The van der Waals surface area contributed by atoms with Crippen molar-refractivity contribution in [3.63, 3.8) is 0 Å². The van der Waals surface area contributed by atoms with E-state index in [0.29, 0.717) is 23.7 Å². The Labute approximate surface area is 197 Å². The van der Waals surface area contributed by atoms with Crippen LogP contribution in [0.1, 0.15) is 59.1 Å². The lowest BCUT2D eigenvalue weighted by atomic mass is 9.86. The zero-order valence-corrected chi connectivity index (χ0v) is 20.7. The first-order valence-electron chi connectivity index (χ1n) is 11.1. The summed E-state index contributed by atoms with van der Waals surface area (Å²) >= 11 is 6.01. The largest absolute Gasteiger partial charge is 0.483 e. The summed E-state index contributed by atoms with van der Waals surface area (Å²) in [6.07, 6.45) is 0.496. The first-order valence-corrected chi connectivity index (χ1v) is 11.5. The number of hydrogen-bond acceptors (Lipinski definition) is 3. The maximum atomic E-state index is 13.3. The average molecular weight is 459 g/mol. The number of para-hydroxylation sites is 1. The molecule has 2 rings (SSSR count). The summed E-state index contributed by atoms with van der Waals surface area (Å²) in [6.45, 7) is 12.2. The van der Waals surface area contributed by atoms with Gasteiger partial charge in [-0.25, -0.2) is 0 Å². The van der Waals surface area contributed by atoms with E-state index in [4.69, 9.17) is 16.3 Å². The molecule has 0 aliphatic rings. The highest BCUT2D eigenvalue weighted by Crippen LogP contribution is 2.31. The van der Waals surface area contributed by atoms with E-state index >= 15 is 0 Å². The van der Waals surface area contributed by atoms with Gasteiger partial charge in [-0.3, -0.25) is 9.59 Å². The van der Waals surface area contributed by atoms with Crippen molar-refractivity contribution < 1.29 is 14.3 Å². The van der Waals surface area contributed by atoms with Crippen molar-refractivity contribution in [2.75, 3.05) is 6.61 Å². The Bertz CT molecular complexity index is 904. The molecule has 0 radical (unpaired) electrons. The van der Waals surface area contributed by atoms with Gasteiger partial charge in [-0.2, -0.15) is 0 Å². The smallest absolute Gasteiger partial charge is 0.261 e. The SMILES string of the molecule is CC[C@H](C(=O)NC(C)C)N(Cc1ccc(Cl)cc1)C(=O)COc1ccccc1C(C)(C)C. The molecule has 2 aromatic carbocycles. The molecule has 0 aliphatic carbocycles. The zero-order valence-electron chi connectivity index (χ0n) is 19.9. The van der Waals surface area contributed by atoms with Crippen molar-refractivity contribution in [3.05, 3.63) is 64.7 Å². The van der Waals surface area contributed by atoms with Gasteiger partial charge in [0.1, 0.15) is 11.8 Å². The molecule has 0 saturated carbocycles. The quantitative estimate of drug-likeness (QED) is 0.551. The van der Waals surface area contributed by atoms with Gasteiger partial charge in [0.15, 0.2) is 6.61 Å². The fourth-order valence-corrected chi connectivity index (χ4v) is 3.65. The van der Waals surface area contributed by atoms with E-state index in [2.05, 4.69) is 26.1 Å². The number of nitrogens with one attached hydrogen (secondary N) is 1. The van der Waals surface area contributed by atoms with Crippen molar-refractivity contribution in [1.82, 2.24) is 10.2 Å². The predicted molar refractivity (Wildman–Crippen MR) is 130 cm³/mol. The highest BCUT2D eigenvalue weighted by atomic mass is 35.5. The number of hydrogen-bond donors (Lipinski definition) is 1. The third-order valence-electron chi connectivity index (χ3n) is 5.13. The average Bonchev–Trinajstić information content (AvgIpc) is 2.72. The number of rotatable bonds is 9.